The molecule has 1 aromatic rings. The fraction of sp³-hybridized carbons (Fsp3) is 0.560. The Kier molecular flexibility index (Phi) is 8.72. The number of urea groups is 2. The normalized spacial score (nSPS) is 21.3. The highest BCUT2D eigenvalue weighted by Gasteiger charge is 2.42. The Labute approximate surface area is 214 Å². The van der Waals surface area contributed by atoms with Crippen molar-refractivity contribution >= 4 is 18.0 Å². The van der Waals surface area contributed by atoms with Gasteiger partial charge in [-0.2, -0.15) is 13.2 Å². The number of esters is 1. The maximum atomic E-state index is 13.8. The van der Waals surface area contributed by atoms with Crippen LogP contribution in [-0.4, -0.2) is 84.6 Å². The predicted molar refractivity (Wildman–Crippen MR) is 130 cm³/mol. The number of carbonyl (C=O) groups excluding carboxylic acids is 3. The van der Waals surface area contributed by atoms with Crippen LogP contribution in [0.4, 0.5) is 22.8 Å². The van der Waals surface area contributed by atoms with Crippen LogP contribution in [-0.2, 0) is 15.7 Å². The molecule has 2 aliphatic heterocycles. The number of ether oxygens (including phenoxy) is 1. The number of hydrogen-bond acceptors (Lipinski definition) is 5. The van der Waals surface area contributed by atoms with Crippen molar-refractivity contribution in [3.8, 4) is 0 Å². The van der Waals surface area contributed by atoms with Crippen LogP contribution in [0.15, 0.2) is 35.5 Å². The Balaban J connectivity index is 1.99. The number of nitrogens with one attached hydrogen (secondary N) is 2. The molecule has 1 saturated heterocycles. The monoisotopic (exact) mass is 525 g/mol. The first-order valence-corrected chi connectivity index (χ1v) is 12.2. The molecule has 2 atom stereocenters. The lowest BCUT2D eigenvalue weighted by atomic mass is 9.90. The molecular formula is C25H34F3N5O4. The summed E-state index contributed by atoms with van der Waals surface area (Å²) in [5.41, 5.74) is -0.963. The first kappa shape index (κ1) is 28.3. The lowest BCUT2D eigenvalue weighted by molar-refractivity contribution is -0.141. The molecule has 12 heteroatoms. The third kappa shape index (κ3) is 6.35. The number of piperazine rings is 1. The van der Waals surface area contributed by atoms with Crippen LogP contribution in [0.5, 0.6) is 0 Å². The molecular weight excluding hydrogens is 491 g/mol. The maximum absolute atomic E-state index is 13.8. The van der Waals surface area contributed by atoms with Gasteiger partial charge < -0.3 is 20.3 Å². The standard InChI is InChI=1S/C25H34F3N5O4/c1-6-37-22(34)20-19(14-32-11-12-33(16(4)13-32)24(36)29-15(2)3)31(5)23(35)30-21(20)17-9-7-8-10-18(17)25(26,27)28/h7-10,15-16,21H,6,11-14H2,1-5H3,(H,29,36)(H,30,35)/t16-,21+/m1/s1. The summed E-state index contributed by atoms with van der Waals surface area (Å²) in [6.45, 7) is 8.70. The Bertz CT molecular complexity index is 1060. The smallest absolute Gasteiger partial charge is 0.416 e. The first-order valence-electron chi connectivity index (χ1n) is 12.2. The predicted octanol–water partition coefficient (Wildman–Crippen LogP) is 3.34. The highest BCUT2D eigenvalue weighted by molar-refractivity contribution is 5.95. The van der Waals surface area contributed by atoms with Crippen molar-refractivity contribution < 1.29 is 32.3 Å². The van der Waals surface area contributed by atoms with E-state index < -0.39 is 29.8 Å². The summed E-state index contributed by atoms with van der Waals surface area (Å²) in [5, 5.41) is 5.42. The van der Waals surface area contributed by atoms with Gasteiger partial charge in [-0.15, -0.1) is 0 Å². The van der Waals surface area contributed by atoms with Gasteiger partial charge in [0.25, 0.3) is 0 Å². The molecule has 2 heterocycles. The summed E-state index contributed by atoms with van der Waals surface area (Å²) < 4.78 is 46.8. The third-order valence-corrected chi connectivity index (χ3v) is 6.41. The summed E-state index contributed by atoms with van der Waals surface area (Å²) >= 11 is 0. The zero-order valence-corrected chi connectivity index (χ0v) is 21.7. The summed E-state index contributed by atoms with van der Waals surface area (Å²) in [6.07, 6.45) is -4.69. The molecule has 0 unspecified atom stereocenters. The van der Waals surface area contributed by atoms with E-state index in [0.29, 0.717) is 19.6 Å². The van der Waals surface area contributed by atoms with E-state index in [-0.39, 0.29) is 48.1 Å². The van der Waals surface area contributed by atoms with Gasteiger partial charge in [-0.25, -0.2) is 14.4 Å². The van der Waals surface area contributed by atoms with Gasteiger partial charge in [0.1, 0.15) is 0 Å². The Morgan fingerprint density at radius 2 is 1.89 bits per heavy atom. The largest absolute Gasteiger partial charge is 0.463 e. The minimum Gasteiger partial charge on any atom is -0.463 e. The van der Waals surface area contributed by atoms with Crippen molar-refractivity contribution in [3.63, 3.8) is 0 Å². The van der Waals surface area contributed by atoms with Gasteiger partial charge in [0, 0.05) is 51.0 Å². The van der Waals surface area contributed by atoms with Gasteiger partial charge >= 0.3 is 24.2 Å². The molecule has 0 spiro atoms. The van der Waals surface area contributed by atoms with Gasteiger partial charge in [0.05, 0.1) is 23.8 Å². The van der Waals surface area contributed by atoms with Gasteiger partial charge in [0.2, 0.25) is 0 Å². The zero-order valence-electron chi connectivity index (χ0n) is 21.7. The molecule has 0 radical (unpaired) electrons. The lowest BCUT2D eigenvalue weighted by Gasteiger charge is -2.42. The van der Waals surface area contributed by atoms with E-state index >= 15 is 0 Å². The van der Waals surface area contributed by atoms with E-state index in [2.05, 4.69) is 10.6 Å². The van der Waals surface area contributed by atoms with Gasteiger partial charge in [-0.05, 0) is 39.3 Å². The number of rotatable bonds is 6. The Morgan fingerprint density at radius 3 is 2.49 bits per heavy atom. The van der Waals surface area contributed by atoms with Crippen molar-refractivity contribution in [2.75, 3.05) is 39.8 Å². The quantitative estimate of drug-likeness (QED) is 0.556. The summed E-state index contributed by atoms with van der Waals surface area (Å²) in [4.78, 5) is 43.5. The van der Waals surface area contributed by atoms with Gasteiger partial charge in [0.15, 0.2) is 0 Å². The minimum absolute atomic E-state index is 0.0130. The average Bonchev–Trinajstić information content (AvgIpc) is 2.81. The highest BCUT2D eigenvalue weighted by Crippen LogP contribution is 2.39. The molecule has 204 valence electrons. The second kappa shape index (κ2) is 11.4. The molecule has 0 aromatic heterocycles. The number of nitrogens with zero attached hydrogens (tertiary/aromatic N) is 3. The second-order valence-electron chi connectivity index (χ2n) is 9.49. The maximum Gasteiger partial charge on any atom is 0.416 e. The molecule has 4 amide bonds. The van der Waals surface area contributed by atoms with Crippen LogP contribution in [0.1, 0.15) is 44.9 Å². The SMILES string of the molecule is CCOC(=O)C1=C(CN2CCN(C(=O)NC(C)C)[C@H](C)C2)N(C)C(=O)N[C@H]1c1ccccc1C(F)(F)F. The van der Waals surface area contributed by atoms with Crippen molar-refractivity contribution in [2.45, 2.75) is 52.0 Å². The van der Waals surface area contributed by atoms with E-state index in [4.69, 9.17) is 4.74 Å². The first-order chi connectivity index (χ1) is 17.3. The number of alkyl halides is 3. The number of amides is 4. The molecule has 0 aliphatic carbocycles. The minimum atomic E-state index is -4.69. The molecule has 0 saturated carbocycles. The van der Waals surface area contributed by atoms with E-state index in [1.165, 1.54) is 30.1 Å². The van der Waals surface area contributed by atoms with E-state index in [1.807, 2.05) is 25.7 Å². The molecule has 2 N–H and O–H groups in total. The van der Waals surface area contributed by atoms with Crippen molar-refractivity contribution in [1.29, 1.82) is 0 Å². The van der Waals surface area contributed by atoms with Gasteiger partial charge in [-0.3, -0.25) is 9.80 Å². The molecule has 3 rings (SSSR count). The summed E-state index contributed by atoms with van der Waals surface area (Å²) in [6, 6.07) is 2.54. The van der Waals surface area contributed by atoms with Crippen molar-refractivity contribution in [3.05, 3.63) is 46.7 Å². The van der Waals surface area contributed by atoms with Crippen molar-refractivity contribution in [1.82, 2.24) is 25.3 Å². The molecule has 9 nitrogen and oxygen atoms in total. The van der Waals surface area contributed by atoms with Crippen LogP contribution >= 0.6 is 0 Å². The van der Waals surface area contributed by atoms with Crippen LogP contribution < -0.4 is 10.6 Å². The van der Waals surface area contributed by atoms with Gasteiger partial charge in [-0.1, -0.05) is 18.2 Å². The second-order valence-corrected chi connectivity index (χ2v) is 9.49. The Hall–Kier alpha value is -3.28. The van der Waals surface area contributed by atoms with E-state index in [1.54, 1.807) is 11.8 Å². The number of hydrogen-bond donors (Lipinski definition) is 2. The van der Waals surface area contributed by atoms with Crippen LogP contribution in [0.3, 0.4) is 0 Å². The summed E-state index contributed by atoms with van der Waals surface area (Å²) in [7, 11) is 1.46. The van der Waals surface area contributed by atoms with Crippen LogP contribution in [0.25, 0.3) is 0 Å². The Morgan fingerprint density at radius 1 is 1.22 bits per heavy atom. The van der Waals surface area contributed by atoms with E-state index in [9.17, 15) is 27.6 Å². The topological polar surface area (TPSA) is 94.2 Å². The number of carbonyl (C=O) groups is 3. The fourth-order valence-corrected chi connectivity index (χ4v) is 4.66. The molecule has 1 aromatic carbocycles. The number of halogens is 3. The number of benzene rings is 1. The lowest BCUT2D eigenvalue weighted by Crippen LogP contribution is -2.58. The zero-order chi connectivity index (χ0) is 27.5. The molecule has 37 heavy (non-hydrogen) atoms. The fourth-order valence-electron chi connectivity index (χ4n) is 4.66. The van der Waals surface area contributed by atoms with Crippen LogP contribution in [0, 0.1) is 0 Å². The van der Waals surface area contributed by atoms with Crippen molar-refractivity contribution in [2.24, 2.45) is 0 Å². The van der Waals surface area contributed by atoms with Crippen LogP contribution in [0.2, 0.25) is 0 Å². The highest BCUT2D eigenvalue weighted by atomic mass is 19.4. The summed E-state index contributed by atoms with van der Waals surface area (Å²) in [5.74, 6) is -0.797. The number of likely N-dealkylation sites (N-methyl/N-ethyl adjacent to an activating group) is 1. The van der Waals surface area contributed by atoms with E-state index in [0.717, 1.165) is 6.07 Å². The average molecular weight is 526 g/mol. The molecule has 0 bridgehead atoms. The molecule has 1 fully saturated rings. The third-order valence-electron chi connectivity index (χ3n) is 6.41. The molecule has 2 aliphatic rings.